The van der Waals surface area contributed by atoms with Crippen LogP contribution in [0, 0.1) is 0 Å². The van der Waals surface area contributed by atoms with Crippen LogP contribution >= 0.6 is 0 Å². The highest BCUT2D eigenvalue weighted by Gasteiger charge is 2.21. The second-order valence-electron chi connectivity index (χ2n) is 7.14. The molecule has 2 N–H and O–H groups in total. The summed E-state index contributed by atoms with van der Waals surface area (Å²) in [5.74, 6) is -0.117. The van der Waals surface area contributed by atoms with E-state index < -0.39 is 5.97 Å². The van der Waals surface area contributed by atoms with E-state index in [0.717, 1.165) is 63.8 Å². The zero-order valence-corrected chi connectivity index (χ0v) is 16.1. The second kappa shape index (κ2) is 9.71. The van der Waals surface area contributed by atoms with Gasteiger partial charge in [-0.1, -0.05) is 13.0 Å². The van der Waals surface area contributed by atoms with Gasteiger partial charge >= 0.3 is 5.97 Å². The Morgan fingerprint density at radius 3 is 2.81 bits per heavy atom. The maximum absolute atomic E-state index is 11.2. The third kappa shape index (κ3) is 5.68. The molecule has 0 spiro atoms. The Morgan fingerprint density at radius 2 is 2.15 bits per heavy atom. The van der Waals surface area contributed by atoms with E-state index in [9.17, 15) is 9.90 Å². The molecule has 2 heterocycles. The minimum absolute atomic E-state index is 0.188. The highest BCUT2D eigenvalue weighted by atomic mass is 16.5. The predicted molar refractivity (Wildman–Crippen MR) is 107 cm³/mol. The molecule has 2 fully saturated rings. The Kier molecular flexibility index (Phi) is 7.06. The van der Waals surface area contributed by atoms with Gasteiger partial charge in [0, 0.05) is 38.5 Å². The number of hydrogen-bond acceptors (Lipinski definition) is 4. The molecule has 2 saturated heterocycles. The van der Waals surface area contributed by atoms with Crippen LogP contribution in [0.15, 0.2) is 29.3 Å². The Balaban J connectivity index is 1.70. The van der Waals surface area contributed by atoms with Gasteiger partial charge in [-0.25, -0.2) is 4.79 Å². The van der Waals surface area contributed by atoms with Gasteiger partial charge in [-0.2, -0.15) is 0 Å². The van der Waals surface area contributed by atoms with Gasteiger partial charge in [-0.15, -0.1) is 0 Å². The summed E-state index contributed by atoms with van der Waals surface area (Å²) in [5.41, 5.74) is 1.02. The molecule has 1 aromatic rings. The Hall–Kier alpha value is -2.12. The lowest BCUT2D eigenvalue weighted by Gasteiger charge is -2.36. The number of piperazine rings is 1. The number of nitrogens with one attached hydrogen (secondary N) is 1. The van der Waals surface area contributed by atoms with Gasteiger partial charge in [0.15, 0.2) is 5.96 Å². The van der Waals surface area contributed by atoms with Crippen molar-refractivity contribution < 1.29 is 14.6 Å². The summed E-state index contributed by atoms with van der Waals surface area (Å²) >= 11 is 0. The van der Waals surface area contributed by atoms with Crippen molar-refractivity contribution in [3.8, 4) is 0 Å². The number of nitrogens with zero attached hydrogens (tertiary/aromatic N) is 3. The van der Waals surface area contributed by atoms with Crippen LogP contribution < -0.4 is 5.32 Å². The van der Waals surface area contributed by atoms with E-state index in [1.165, 1.54) is 6.42 Å². The number of hydrogen-bond donors (Lipinski definition) is 2. The van der Waals surface area contributed by atoms with Gasteiger partial charge in [-0.05, 0) is 44.0 Å². The fourth-order valence-electron chi connectivity index (χ4n) is 3.55. The molecule has 0 amide bonds. The number of carboxylic acids is 1. The normalized spacial score (nSPS) is 21.4. The van der Waals surface area contributed by atoms with Crippen molar-refractivity contribution in [2.45, 2.75) is 32.3 Å². The first kappa shape index (κ1) is 19.6. The van der Waals surface area contributed by atoms with Crippen LogP contribution in [0.2, 0.25) is 0 Å². The number of benzene rings is 1. The van der Waals surface area contributed by atoms with Crippen molar-refractivity contribution in [3.63, 3.8) is 0 Å². The summed E-state index contributed by atoms with van der Waals surface area (Å²) in [7, 11) is 0. The minimum Gasteiger partial charge on any atom is -0.478 e. The van der Waals surface area contributed by atoms with Crippen LogP contribution in [0.4, 0.5) is 5.69 Å². The van der Waals surface area contributed by atoms with E-state index in [-0.39, 0.29) is 11.7 Å². The topological polar surface area (TPSA) is 77.4 Å². The summed E-state index contributed by atoms with van der Waals surface area (Å²) in [5, 5.41) is 12.6. The zero-order valence-electron chi connectivity index (χ0n) is 16.1. The first-order chi connectivity index (χ1) is 13.2. The molecule has 0 aliphatic carbocycles. The summed E-state index contributed by atoms with van der Waals surface area (Å²) in [6.45, 7) is 8.65. The molecule has 1 aromatic carbocycles. The van der Waals surface area contributed by atoms with Crippen LogP contribution in [-0.4, -0.2) is 78.8 Å². The molecule has 0 radical (unpaired) electrons. The Morgan fingerprint density at radius 1 is 1.33 bits per heavy atom. The Labute approximate surface area is 161 Å². The summed E-state index contributed by atoms with van der Waals surface area (Å²) < 4.78 is 5.70. The van der Waals surface area contributed by atoms with E-state index in [1.54, 1.807) is 18.2 Å². The van der Waals surface area contributed by atoms with Crippen molar-refractivity contribution in [2.75, 3.05) is 51.2 Å². The zero-order chi connectivity index (χ0) is 19.1. The number of anilines is 1. The molecule has 0 bridgehead atoms. The van der Waals surface area contributed by atoms with Gasteiger partial charge < -0.3 is 20.1 Å². The molecule has 0 saturated carbocycles. The van der Waals surface area contributed by atoms with Crippen LogP contribution in [0.5, 0.6) is 0 Å². The summed E-state index contributed by atoms with van der Waals surface area (Å²) in [4.78, 5) is 20.8. The van der Waals surface area contributed by atoms with Gasteiger partial charge in [0.25, 0.3) is 0 Å². The van der Waals surface area contributed by atoms with Gasteiger partial charge in [0.1, 0.15) is 0 Å². The summed E-state index contributed by atoms with van der Waals surface area (Å²) in [6, 6.07) is 6.88. The minimum atomic E-state index is -0.926. The first-order valence-electron chi connectivity index (χ1n) is 9.89. The fourth-order valence-corrected chi connectivity index (χ4v) is 3.55. The average Bonchev–Trinajstić information content (AvgIpc) is 3.20. The molecule has 1 unspecified atom stereocenters. The average molecular weight is 374 g/mol. The van der Waals surface area contributed by atoms with Crippen LogP contribution in [-0.2, 0) is 4.74 Å². The number of carbonyl (C=O) groups is 1. The number of ether oxygens (including phenoxy) is 1. The van der Waals surface area contributed by atoms with Crippen LogP contribution in [0.1, 0.15) is 36.5 Å². The third-order valence-electron chi connectivity index (χ3n) is 5.05. The molecule has 3 rings (SSSR count). The summed E-state index contributed by atoms with van der Waals surface area (Å²) in [6.07, 6.45) is 3.50. The fraction of sp³-hybridized carbons (Fsp3) is 0.600. The lowest BCUT2D eigenvalue weighted by Crippen LogP contribution is -2.50. The smallest absolute Gasteiger partial charge is 0.335 e. The highest BCUT2D eigenvalue weighted by Crippen LogP contribution is 2.15. The van der Waals surface area contributed by atoms with E-state index in [0.29, 0.717) is 6.54 Å². The molecular weight excluding hydrogens is 344 g/mol. The SMILES string of the molecule is CCCN1CCN(C(=NCC2CCCO2)Nc2cccc(C(=O)O)c2)CC1. The lowest BCUT2D eigenvalue weighted by atomic mass is 10.2. The predicted octanol–water partition coefficient (Wildman–Crippen LogP) is 2.36. The molecule has 1 atom stereocenters. The molecule has 7 heteroatoms. The quantitative estimate of drug-likeness (QED) is 0.588. The van der Waals surface area contributed by atoms with Crippen LogP contribution in [0.25, 0.3) is 0 Å². The van der Waals surface area contributed by atoms with E-state index in [4.69, 9.17) is 9.73 Å². The van der Waals surface area contributed by atoms with Gasteiger partial charge in [0.05, 0.1) is 18.2 Å². The van der Waals surface area contributed by atoms with Crippen molar-refractivity contribution >= 4 is 17.6 Å². The molecule has 2 aliphatic heterocycles. The third-order valence-corrected chi connectivity index (χ3v) is 5.05. The number of guanidine groups is 1. The number of aliphatic imine (C=N–C) groups is 1. The van der Waals surface area contributed by atoms with Crippen molar-refractivity contribution in [2.24, 2.45) is 4.99 Å². The lowest BCUT2D eigenvalue weighted by molar-refractivity contribution is 0.0697. The van der Waals surface area contributed by atoms with Gasteiger partial charge in [0.2, 0.25) is 0 Å². The Bertz CT molecular complexity index is 650. The number of carboxylic acid groups (broad SMARTS) is 1. The van der Waals surface area contributed by atoms with Crippen LogP contribution in [0.3, 0.4) is 0 Å². The molecule has 2 aliphatic rings. The highest BCUT2D eigenvalue weighted by molar-refractivity contribution is 5.95. The number of aromatic carboxylic acids is 1. The first-order valence-corrected chi connectivity index (χ1v) is 9.89. The van der Waals surface area contributed by atoms with E-state index in [2.05, 4.69) is 22.0 Å². The largest absolute Gasteiger partial charge is 0.478 e. The van der Waals surface area contributed by atoms with Gasteiger partial charge in [-0.3, -0.25) is 9.89 Å². The van der Waals surface area contributed by atoms with Crippen molar-refractivity contribution in [1.29, 1.82) is 0 Å². The monoisotopic (exact) mass is 374 g/mol. The maximum atomic E-state index is 11.2. The second-order valence-corrected chi connectivity index (χ2v) is 7.14. The molecule has 27 heavy (non-hydrogen) atoms. The maximum Gasteiger partial charge on any atom is 0.335 e. The molecule has 148 valence electrons. The van der Waals surface area contributed by atoms with Crippen molar-refractivity contribution in [1.82, 2.24) is 9.80 Å². The molecule has 0 aromatic heterocycles. The molecular formula is C20H30N4O3. The molecule has 7 nitrogen and oxygen atoms in total. The van der Waals surface area contributed by atoms with Crippen molar-refractivity contribution in [3.05, 3.63) is 29.8 Å². The van der Waals surface area contributed by atoms with E-state index in [1.807, 2.05) is 6.07 Å². The standard InChI is InChI=1S/C20H30N4O3/c1-2-8-23-9-11-24(12-10-23)20(21-15-18-7-4-13-27-18)22-17-6-3-5-16(14-17)19(25)26/h3,5-6,14,18H,2,4,7-13,15H2,1H3,(H,21,22)(H,25,26). The van der Waals surface area contributed by atoms with E-state index >= 15 is 0 Å². The number of rotatable bonds is 6.